The number of halogens is 1. The van der Waals surface area contributed by atoms with Crippen molar-refractivity contribution in [3.05, 3.63) is 29.4 Å². The van der Waals surface area contributed by atoms with Crippen LogP contribution in [0, 0.1) is 0 Å². The highest BCUT2D eigenvalue weighted by Crippen LogP contribution is 2.33. The van der Waals surface area contributed by atoms with E-state index >= 15 is 0 Å². The highest BCUT2D eigenvalue weighted by Gasteiger charge is 2.10. The molecule has 2 aromatic rings. The second-order valence-electron chi connectivity index (χ2n) is 4.11. The first-order valence-corrected chi connectivity index (χ1v) is 6.81. The van der Waals surface area contributed by atoms with Crippen LogP contribution in [0.3, 0.4) is 0 Å². The Morgan fingerprint density at radius 2 is 2.05 bits per heavy atom. The minimum absolute atomic E-state index is 0.418. The standard InChI is InChI=1S/C14H17ClN4O2/c1-4-16-14-17-8-10(15)13(19-14)18-11-7-9(20-2)5-6-12(11)21-3/h5-8H,4H2,1-3H3,(H2,16,17,18,19). The van der Waals surface area contributed by atoms with Crippen molar-refractivity contribution in [2.24, 2.45) is 0 Å². The van der Waals surface area contributed by atoms with Crippen LogP contribution in [-0.2, 0) is 0 Å². The van der Waals surface area contributed by atoms with Gasteiger partial charge in [0.15, 0.2) is 5.82 Å². The summed E-state index contributed by atoms with van der Waals surface area (Å²) < 4.78 is 10.5. The van der Waals surface area contributed by atoms with Crippen LogP contribution in [0.5, 0.6) is 11.5 Å². The fourth-order valence-electron chi connectivity index (χ4n) is 1.74. The maximum atomic E-state index is 6.13. The van der Waals surface area contributed by atoms with Crippen LogP contribution in [0.25, 0.3) is 0 Å². The molecule has 1 aromatic carbocycles. The molecule has 0 aliphatic rings. The van der Waals surface area contributed by atoms with Crippen molar-refractivity contribution in [2.45, 2.75) is 6.92 Å². The van der Waals surface area contributed by atoms with Crippen LogP contribution in [-0.4, -0.2) is 30.7 Å². The average molecular weight is 309 g/mol. The summed E-state index contributed by atoms with van der Waals surface area (Å²) >= 11 is 6.13. The lowest BCUT2D eigenvalue weighted by atomic mass is 10.2. The minimum Gasteiger partial charge on any atom is -0.497 e. The number of aromatic nitrogens is 2. The van der Waals surface area contributed by atoms with Crippen LogP contribution in [0.15, 0.2) is 24.4 Å². The van der Waals surface area contributed by atoms with Crippen molar-refractivity contribution >= 4 is 29.1 Å². The smallest absolute Gasteiger partial charge is 0.224 e. The number of hydrogen-bond donors (Lipinski definition) is 2. The Hall–Kier alpha value is -2.21. The van der Waals surface area contributed by atoms with Crippen LogP contribution < -0.4 is 20.1 Å². The van der Waals surface area contributed by atoms with E-state index in [1.165, 1.54) is 0 Å². The van der Waals surface area contributed by atoms with Gasteiger partial charge < -0.3 is 20.1 Å². The summed E-state index contributed by atoms with van der Waals surface area (Å²) in [6.07, 6.45) is 1.54. The number of benzene rings is 1. The van der Waals surface area contributed by atoms with Crippen molar-refractivity contribution in [2.75, 3.05) is 31.4 Å². The molecule has 0 aliphatic carbocycles. The highest BCUT2D eigenvalue weighted by atomic mass is 35.5. The lowest BCUT2D eigenvalue weighted by Crippen LogP contribution is -2.05. The molecular weight excluding hydrogens is 292 g/mol. The fraction of sp³-hybridized carbons (Fsp3) is 0.286. The highest BCUT2D eigenvalue weighted by molar-refractivity contribution is 6.32. The van der Waals surface area contributed by atoms with Crippen molar-refractivity contribution in [1.82, 2.24) is 9.97 Å². The lowest BCUT2D eigenvalue weighted by Gasteiger charge is -2.13. The van der Waals surface area contributed by atoms with Gasteiger partial charge in [0.1, 0.15) is 16.5 Å². The molecule has 0 bridgehead atoms. The number of ether oxygens (including phenoxy) is 2. The van der Waals surface area contributed by atoms with E-state index in [1.54, 1.807) is 20.4 Å². The molecule has 0 amide bonds. The van der Waals surface area contributed by atoms with E-state index in [1.807, 2.05) is 25.1 Å². The number of hydrogen-bond acceptors (Lipinski definition) is 6. The van der Waals surface area contributed by atoms with E-state index in [0.717, 1.165) is 6.54 Å². The van der Waals surface area contributed by atoms with E-state index in [0.29, 0.717) is 34.0 Å². The van der Waals surface area contributed by atoms with E-state index < -0.39 is 0 Å². The molecular formula is C14H17ClN4O2. The van der Waals surface area contributed by atoms with Gasteiger partial charge in [-0.05, 0) is 19.1 Å². The molecule has 0 radical (unpaired) electrons. The van der Waals surface area contributed by atoms with Gasteiger partial charge in [-0.2, -0.15) is 4.98 Å². The predicted octanol–water partition coefficient (Wildman–Crippen LogP) is 3.32. The summed E-state index contributed by atoms with van der Waals surface area (Å²) in [7, 11) is 3.20. The quantitative estimate of drug-likeness (QED) is 0.853. The molecule has 2 N–H and O–H groups in total. The van der Waals surface area contributed by atoms with Gasteiger partial charge in [-0.15, -0.1) is 0 Å². The number of anilines is 3. The first kappa shape index (κ1) is 15.2. The zero-order valence-electron chi connectivity index (χ0n) is 12.1. The van der Waals surface area contributed by atoms with Crippen molar-refractivity contribution in [1.29, 1.82) is 0 Å². The van der Waals surface area contributed by atoms with Gasteiger partial charge in [-0.1, -0.05) is 11.6 Å². The summed E-state index contributed by atoms with van der Waals surface area (Å²) in [4.78, 5) is 8.42. The van der Waals surface area contributed by atoms with Gasteiger partial charge in [-0.3, -0.25) is 0 Å². The third-order valence-corrected chi connectivity index (χ3v) is 3.02. The van der Waals surface area contributed by atoms with Gasteiger partial charge in [0.2, 0.25) is 5.95 Å². The van der Waals surface area contributed by atoms with Gasteiger partial charge in [0.05, 0.1) is 26.1 Å². The molecule has 6 nitrogen and oxygen atoms in total. The topological polar surface area (TPSA) is 68.3 Å². The summed E-state index contributed by atoms with van der Waals surface area (Å²) in [6, 6.07) is 5.43. The number of nitrogens with one attached hydrogen (secondary N) is 2. The fourth-order valence-corrected chi connectivity index (χ4v) is 1.88. The molecule has 0 atom stereocenters. The first-order chi connectivity index (χ1) is 10.2. The number of nitrogens with zero attached hydrogens (tertiary/aromatic N) is 2. The Morgan fingerprint density at radius 1 is 1.24 bits per heavy atom. The van der Waals surface area contributed by atoms with Crippen LogP contribution in [0.1, 0.15) is 6.92 Å². The normalized spacial score (nSPS) is 10.1. The monoisotopic (exact) mass is 308 g/mol. The molecule has 0 aliphatic heterocycles. The van der Waals surface area contributed by atoms with Crippen LogP contribution in [0.4, 0.5) is 17.5 Å². The van der Waals surface area contributed by atoms with Gasteiger partial charge in [0.25, 0.3) is 0 Å². The SMILES string of the molecule is CCNc1ncc(Cl)c(Nc2cc(OC)ccc2OC)n1. The summed E-state index contributed by atoms with van der Waals surface area (Å²) in [5.41, 5.74) is 0.708. The zero-order valence-corrected chi connectivity index (χ0v) is 12.9. The largest absolute Gasteiger partial charge is 0.497 e. The van der Waals surface area contributed by atoms with Crippen molar-refractivity contribution < 1.29 is 9.47 Å². The number of rotatable bonds is 6. The summed E-state index contributed by atoms with van der Waals surface area (Å²) in [6.45, 7) is 2.69. The van der Waals surface area contributed by atoms with E-state index in [-0.39, 0.29) is 0 Å². The maximum Gasteiger partial charge on any atom is 0.224 e. The molecule has 0 unspecified atom stereocenters. The Labute approximate surface area is 128 Å². The first-order valence-electron chi connectivity index (χ1n) is 6.43. The second-order valence-corrected chi connectivity index (χ2v) is 4.52. The third-order valence-electron chi connectivity index (χ3n) is 2.74. The molecule has 7 heteroatoms. The molecule has 1 aromatic heterocycles. The predicted molar refractivity (Wildman–Crippen MR) is 84.0 cm³/mol. The summed E-state index contributed by atoms with van der Waals surface area (Å²) in [5, 5.41) is 6.59. The Balaban J connectivity index is 2.34. The molecule has 1 heterocycles. The zero-order chi connectivity index (χ0) is 15.2. The van der Waals surface area contributed by atoms with Gasteiger partial charge in [-0.25, -0.2) is 4.98 Å². The molecule has 0 saturated carbocycles. The molecule has 21 heavy (non-hydrogen) atoms. The van der Waals surface area contributed by atoms with E-state index in [9.17, 15) is 0 Å². The van der Waals surface area contributed by atoms with E-state index in [4.69, 9.17) is 21.1 Å². The Bertz CT molecular complexity index is 622. The van der Waals surface area contributed by atoms with Gasteiger partial charge in [0, 0.05) is 12.6 Å². The van der Waals surface area contributed by atoms with Crippen molar-refractivity contribution in [3.63, 3.8) is 0 Å². The van der Waals surface area contributed by atoms with Crippen LogP contribution in [0.2, 0.25) is 5.02 Å². The van der Waals surface area contributed by atoms with Gasteiger partial charge >= 0.3 is 0 Å². The molecule has 2 rings (SSSR count). The lowest BCUT2D eigenvalue weighted by molar-refractivity contribution is 0.405. The molecule has 0 spiro atoms. The number of methoxy groups -OCH3 is 2. The molecule has 0 saturated heterocycles. The molecule has 0 fully saturated rings. The van der Waals surface area contributed by atoms with Crippen LogP contribution >= 0.6 is 11.6 Å². The second kappa shape index (κ2) is 6.99. The molecule has 112 valence electrons. The Morgan fingerprint density at radius 3 is 2.71 bits per heavy atom. The Kier molecular flexibility index (Phi) is 5.05. The summed E-state index contributed by atoms with van der Waals surface area (Å²) in [5.74, 6) is 2.37. The minimum atomic E-state index is 0.418. The third kappa shape index (κ3) is 3.66. The van der Waals surface area contributed by atoms with E-state index in [2.05, 4.69) is 20.6 Å². The maximum absolute atomic E-state index is 6.13. The average Bonchev–Trinajstić information content (AvgIpc) is 2.50. The van der Waals surface area contributed by atoms with Crippen molar-refractivity contribution in [3.8, 4) is 11.5 Å².